The molecule has 3 radical (unpaired) electrons. The molecule has 0 saturated heterocycles. The van der Waals surface area contributed by atoms with E-state index in [1.807, 2.05) is 0 Å². The van der Waals surface area contributed by atoms with Crippen molar-refractivity contribution < 1.29 is 74.2 Å². The molecule has 22 heavy (non-hydrogen) atoms. The van der Waals surface area contributed by atoms with Gasteiger partial charge < -0.3 is 74.2 Å². The standard InChI is InChI=1S/4Al.3H3O4P.3O/c;;;;3*1-5(2,3)4;;;/h;;;;3*(H3,1,2,3,4);;;/q4*+3;;;;3*-1/p-9. The van der Waals surface area contributed by atoms with E-state index in [1.165, 1.54) is 0 Å². The molecule has 15 nitrogen and oxygen atoms in total. The van der Waals surface area contributed by atoms with Crippen LogP contribution in [-0.4, -0.2) is 69.4 Å². The molecular formula is Al4O15P3. The second-order valence-corrected chi connectivity index (χ2v) is 4.02. The molecule has 0 aromatic heterocycles. The van der Waals surface area contributed by atoms with Crippen LogP contribution in [0.25, 0.3) is 0 Å². The zero-order chi connectivity index (χ0) is 13.5. The maximum Gasteiger partial charge on any atom is 3.00 e. The average molecular weight is 441 g/mol. The van der Waals surface area contributed by atoms with Gasteiger partial charge >= 0.3 is 69.4 Å². The van der Waals surface area contributed by atoms with Crippen molar-refractivity contribution in [3.8, 4) is 0 Å². The first-order valence-electron chi connectivity index (χ1n) is 2.19. The van der Waals surface area contributed by atoms with Crippen LogP contribution in [0.4, 0.5) is 0 Å². The Balaban J connectivity index is -0.0000000106. The quantitative estimate of drug-likeness (QED) is 0.250. The number of hydrogen-bond acceptors (Lipinski definition) is 15. The fraction of sp³-hybridized carbons (Fsp3) is 0. The zero-order valence-corrected chi connectivity index (χ0v) is 17.1. The molecule has 0 spiro atoms. The van der Waals surface area contributed by atoms with Crippen LogP contribution in [0, 0.1) is 0 Å². The van der Waals surface area contributed by atoms with Crippen LogP contribution in [0.5, 0.6) is 0 Å². The largest absolute Gasteiger partial charge is 3.00 e. The molecule has 0 atom stereocenters. The minimum atomic E-state index is -5.39. The molecule has 0 amide bonds. The van der Waals surface area contributed by atoms with E-state index in [0.717, 1.165) is 0 Å². The molecule has 0 N–H and O–H groups in total. The first-order chi connectivity index (χ1) is 6.00. The summed E-state index contributed by atoms with van der Waals surface area (Å²) in [4.78, 5) is 76.9. The van der Waals surface area contributed by atoms with Crippen molar-refractivity contribution in [2.24, 2.45) is 0 Å². The van der Waals surface area contributed by atoms with Crippen molar-refractivity contribution in [2.75, 3.05) is 0 Å². The van der Waals surface area contributed by atoms with Gasteiger partial charge in [0.25, 0.3) is 0 Å². The molecule has 0 aliphatic rings. The second kappa shape index (κ2) is 28.2. The molecule has 0 heterocycles. The average Bonchev–Trinajstić information content (AvgIpc) is 1.41. The molecule has 0 aromatic rings. The maximum atomic E-state index is 8.55. The van der Waals surface area contributed by atoms with Crippen LogP contribution in [0.3, 0.4) is 0 Å². The Morgan fingerprint density at radius 1 is 0.364 bits per heavy atom. The van der Waals surface area contributed by atoms with E-state index >= 15 is 0 Å². The van der Waals surface area contributed by atoms with Crippen molar-refractivity contribution in [1.29, 1.82) is 0 Å². The SMILES string of the molecule is O=P([O-])([O-])[O-].O=P([O-])([O-])[O-].O=P([O-])([O-])[O-].[Al+3].[Al+3].[Al+3].[Al+3].[O-].[O-].[O-]. The first kappa shape index (κ1) is 64.5. The summed E-state index contributed by atoms with van der Waals surface area (Å²) < 4.78 is 25.6. The van der Waals surface area contributed by atoms with Gasteiger partial charge in [0.1, 0.15) is 0 Å². The van der Waals surface area contributed by atoms with Gasteiger partial charge in [0.05, 0.1) is 0 Å². The Morgan fingerprint density at radius 3 is 0.364 bits per heavy atom. The second-order valence-electron chi connectivity index (χ2n) is 1.34. The topological polar surface area (TPSA) is 344 Å². The van der Waals surface area contributed by atoms with E-state index in [4.69, 9.17) is 57.7 Å². The van der Waals surface area contributed by atoms with Gasteiger partial charge in [0.15, 0.2) is 0 Å². The van der Waals surface area contributed by atoms with Crippen molar-refractivity contribution in [3.05, 3.63) is 0 Å². The monoisotopic (exact) mass is 441 g/mol. The summed E-state index contributed by atoms with van der Waals surface area (Å²) in [5.74, 6) is 0. The number of phosphoric acid groups is 3. The smallest absolute Gasteiger partial charge is 1.00 e. The fourth-order valence-corrected chi connectivity index (χ4v) is 0. The van der Waals surface area contributed by atoms with Crippen molar-refractivity contribution in [2.45, 2.75) is 0 Å². The van der Waals surface area contributed by atoms with Crippen LogP contribution in [0.1, 0.15) is 0 Å². The van der Waals surface area contributed by atoms with Gasteiger partial charge in [-0.3, -0.25) is 0 Å². The molecule has 0 saturated carbocycles. The van der Waals surface area contributed by atoms with E-state index in [0.29, 0.717) is 0 Å². The van der Waals surface area contributed by atoms with Gasteiger partial charge in [-0.15, -0.1) is 0 Å². The van der Waals surface area contributed by atoms with Gasteiger partial charge in [-0.05, 0) is 0 Å². The Labute approximate surface area is 166 Å². The third kappa shape index (κ3) is 1860. The molecule has 0 aliphatic heterocycles. The zero-order valence-electron chi connectivity index (χ0n) is 9.77. The van der Waals surface area contributed by atoms with Gasteiger partial charge in [0, 0.05) is 0 Å². The van der Waals surface area contributed by atoms with E-state index in [-0.39, 0.29) is 85.9 Å². The van der Waals surface area contributed by atoms with E-state index in [2.05, 4.69) is 0 Å². The van der Waals surface area contributed by atoms with Crippen LogP contribution in [-0.2, 0) is 30.1 Å². The van der Waals surface area contributed by atoms with E-state index in [9.17, 15) is 0 Å². The van der Waals surface area contributed by atoms with Crippen molar-refractivity contribution >= 4 is 92.9 Å². The summed E-state index contributed by atoms with van der Waals surface area (Å²) in [6.07, 6.45) is 0. The van der Waals surface area contributed by atoms with Crippen LogP contribution in [0.2, 0.25) is 0 Å². The van der Waals surface area contributed by atoms with Gasteiger partial charge in [0.2, 0.25) is 0 Å². The molecule has 0 fully saturated rings. The molecule has 0 rings (SSSR count). The minimum absolute atomic E-state index is 0. The summed E-state index contributed by atoms with van der Waals surface area (Å²) in [5.41, 5.74) is 0. The summed E-state index contributed by atoms with van der Waals surface area (Å²) in [6, 6.07) is 0. The van der Waals surface area contributed by atoms with E-state index in [1.54, 1.807) is 0 Å². The first-order valence-corrected chi connectivity index (χ1v) is 6.57. The third-order valence-corrected chi connectivity index (χ3v) is 0. The Morgan fingerprint density at radius 2 is 0.364 bits per heavy atom. The normalized spacial score (nSPS) is 8.05. The number of hydrogen-bond donors (Lipinski definition) is 0. The molecule has 0 aromatic carbocycles. The summed E-state index contributed by atoms with van der Waals surface area (Å²) >= 11 is 0. The maximum absolute atomic E-state index is 8.55. The molecule has 0 bridgehead atoms. The van der Waals surface area contributed by atoms with Crippen LogP contribution < -0.4 is 44.0 Å². The predicted molar refractivity (Wildman–Crippen MR) is 47.9 cm³/mol. The summed E-state index contributed by atoms with van der Waals surface area (Å²) in [5, 5.41) is 0. The molecule has 117 valence electrons. The molecule has 22 heteroatoms. The van der Waals surface area contributed by atoms with Crippen molar-refractivity contribution in [1.82, 2.24) is 0 Å². The third-order valence-electron chi connectivity index (χ3n) is 0. The number of rotatable bonds is 0. The minimum Gasteiger partial charge on any atom is -1.00 e. The Hall–Kier alpha value is 2.34. The molecular weight excluding hydrogens is 441 g/mol. The van der Waals surface area contributed by atoms with Crippen LogP contribution in [0.15, 0.2) is 0 Å². The van der Waals surface area contributed by atoms with E-state index < -0.39 is 23.5 Å². The molecule has 0 aliphatic carbocycles. The predicted octanol–water partition coefficient (Wildman–Crippen LogP) is -10.4. The van der Waals surface area contributed by atoms with Gasteiger partial charge in [-0.25, -0.2) is 0 Å². The molecule has 0 unspecified atom stereocenters. The fourth-order valence-electron chi connectivity index (χ4n) is 0. The summed E-state index contributed by atoms with van der Waals surface area (Å²) in [6.45, 7) is 0. The van der Waals surface area contributed by atoms with Crippen molar-refractivity contribution in [3.63, 3.8) is 0 Å². The summed E-state index contributed by atoms with van der Waals surface area (Å²) in [7, 11) is -16.2. The Kier molecular flexibility index (Phi) is 82.5. The van der Waals surface area contributed by atoms with Gasteiger partial charge in [-0.2, -0.15) is 23.5 Å². The van der Waals surface area contributed by atoms with Gasteiger partial charge in [-0.1, -0.05) is 0 Å². The Bertz CT molecular complexity index is 213. The van der Waals surface area contributed by atoms with Crippen LogP contribution >= 0.6 is 23.5 Å².